The van der Waals surface area contributed by atoms with Crippen LogP contribution >= 0.6 is 0 Å². The summed E-state index contributed by atoms with van der Waals surface area (Å²) in [5.41, 5.74) is 20.8. The minimum Gasteiger partial charge on any atom is -0.226 e. The van der Waals surface area contributed by atoms with E-state index >= 15 is 0 Å². The van der Waals surface area contributed by atoms with Gasteiger partial charge in [0.15, 0.2) is 0 Å². The van der Waals surface area contributed by atoms with Crippen LogP contribution in [0.25, 0.3) is 44.5 Å². The molecular formula is C96H144Y4-8. The van der Waals surface area contributed by atoms with E-state index in [4.69, 9.17) is 0 Å². The number of benzene rings is 8. The number of hydrogen-bond acceptors (Lipinski definition) is 0. The quantitative estimate of drug-likeness (QED) is 0.154. The molecule has 0 saturated heterocycles. The average Bonchev–Trinajstić information content (AvgIpc) is 0.818. The van der Waals surface area contributed by atoms with Crippen LogP contribution in [0, 0.1) is 48.5 Å². The molecule has 8 rings (SSSR count). The van der Waals surface area contributed by atoms with Gasteiger partial charge in [-0.15, -0.1) is 81.4 Å². The Bertz CT molecular complexity index is 3040. The van der Waals surface area contributed by atoms with Gasteiger partial charge >= 0.3 is 0 Å². The Morgan fingerprint density at radius 3 is 0.760 bits per heavy atom. The monoisotopic (exact) mass is 1650 g/mol. The first kappa shape index (κ1) is 114. The third kappa shape index (κ3) is 42.5. The third-order valence-corrected chi connectivity index (χ3v) is 14.4. The van der Waals surface area contributed by atoms with E-state index in [9.17, 15) is 0 Å². The zero-order valence-electron chi connectivity index (χ0n) is 72.2. The molecule has 8 aromatic carbocycles. The first-order chi connectivity index (χ1) is 44.7. The molecule has 0 aliphatic rings. The molecule has 0 amide bonds. The Morgan fingerprint density at radius 2 is 0.490 bits per heavy atom. The van der Waals surface area contributed by atoms with Crippen LogP contribution < -0.4 is 0 Å². The average molecular weight is 1650 g/mol. The molecule has 4 radical (unpaired) electrons. The first-order valence-electron chi connectivity index (χ1n) is 36.9. The summed E-state index contributed by atoms with van der Waals surface area (Å²) in [5.74, 6) is 0. The van der Waals surface area contributed by atoms with Gasteiger partial charge < -0.3 is 0 Å². The van der Waals surface area contributed by atoms with Crippen LogP contribution in [0.3, 0.4) is 0 Å². The van der Waals surface area contributed by atoms with E-state index in [1.165, 1.54) is 50.1 Å². The predicted molar refractivity (Wildman–Crippen MR) is 439 cm³/mol. The van der Waals surface area contributed by atoms with E-state index < -0.39 is 0 Å². The smallest absolute Gasteiger partial charge is 0 e. The SMILES string of the molecule is CC.CC.CC.CC.CC.CC.CC.CC.CC(C)(C)c1[c-]c(-c2[c-]ccc(C(C)(C)C)c2)ccc1.CC(C)(C)c1c[c-]c(-c2[c-]ccc(C(C)(C)C)c2)cc1.CC(C)(C)c1cc[c-]c(-c2[c-]ccc(C(C)(C)C)c2)c1.CC(C)(C)c1cc[c-]c(-c2[c-]cccc2C(C)(C)C)c1.[Y].[Y].[Y].[Y]. The van der Waals surface area contributed by atoms with Gasteiger partial charge in [0.1, 0.15) is 0 Å². The minimum absolute atomic E-state index is 0. The molecule has 0 heterocycles. The summed E-state index contributed by atoms with van der Waals surface area (Å²) in [6, 6.07) is 78.2. The third-order valence-electron chi connectivity index (χ3n) is 14.4. The van der Waals surface area contributed by atoms with E-state index in [0.717, 1.165) is 38.9 Å². The molecule has 0 saturated carbocycles. The number of rotatable bonds is 4. The van der Waals surface area contributed by atoms with Gasteiger partial charge in [0.2, 0.25) is 0 Å². The van der Waals surface area contributed by atoms with Crippen molar-refractivity contribution in [2.24, 2.45) is 0 Å². The molecule has 0 aliphatic heterocycles. The Morgan fingerprint density at radius 1 is 0.210 bits per heavy atom. The summed E-state index contributed by atoms with van der Waals surface area (Å²) in [4.78, 5) is 0. The fourth-order valence-electron chi connectivity index (χ4n) is 8.84. The summed E-state index contributed by atoms with van der Waals surface area (Å²) in [6.45, 7) is 85.6. The maximum atomic E-state index is 3.55. The molecule has 0 N–H and O–H groups in total. The fourth-order valence-corrected chi connectivity index (χ4v) is 8.84. The van der Waals surface area contributed by atoms with Gasteiger partial charge in [-0.2, -0.15) is 157 Å². The molecule has 4 heteroatoms. The Labute approximate surface area is 725 Å². The van der Waals surface area contributed by atoms with Crippen molar-refractivity contribution < 1.29 is 131 Å². The molecule has 0 aromatic heterocycles. The van der Waals surface area contributed by atoms with Crippen molar-refractivity contribution >= 4 is 0 Å². The van der Waals surface area contributed by atoms with Gasteiger partial charge in [-0.1, -0.05) is 282 Å². The van der Waals surface area contributed by atoms with Crippen LogP contribution in [0.15, 0.2) is 146 Å². The molecule has 0 aliphatic carbocycles. The molecular weight excluding hydrogens is 1510 g/mol. The number of hydrogen-bond donors (Lipinski definition) is 0. The largest absolute Gasteiger partial charge is 0.226 e. The molecule has 0 atom stereocenters. The minimum atomic E-state index is 0. The fraction of sp³-hybridized carbons (Fsp3) is 0.500. The van der Waals surface area contributed by atoms with Gasteiger partial charge in [-0.3, -0.25) is 0 Å². The van der Waals surface area contributed by atoms with E-state index in [1.807, 2.05) is 147 Å². The molecule has 0 unspecified atom stereocenters. The summed E-state index contributed by atoms with van der Waals surface area (Å²) in [5, 5.41) is 0. The van der Waals surface area contributed by atoms with Crippen molar-refractivity contribution in [3.63, 3.8) is 0 Å². The summed E-state index contributed by atoms with van der Waals surface area (Å²) in [6.07, 6.45) is 0. The topological polar surface area (TPSA) is 0 Å². The molecule has 0 bridgehead atoms. The van der Waals surface area contributed by atoms with E-state index in [2.05, 4.69) is 324 Å². The van der Waals surface area contributed by atoms with Crippen molar-refractivity contribution in [1.82, 2.24) is 0 Å². The van der Waals surface area contributed by atoms with Crippen LogP contribution in [-0.2, 0) is 174 Å². The van der Waals surface area contributed by atoms with Crippen LogP contribution in [0.5, 0.6) is 0 Å². The Hall–Kier alpha value is -1.82. The van der Waals surface area contributed by atoms with E-state index in [0.29, 0.717) is 0 Å². The maximum Gasteiger partial charge on any atom is 0 e. The molecule has 100 heavy (non-hydrogen) atoms. The van der Waals surface area contributed by atoms with Crippen LogP contribution in [-0.4, -0.2) is 0 Å². The van der Waals surface area contributed by atoms with Crippen LogP contribution in [0.2, 0.25) is 0 Å². The summed E-state index contributed by atoms with van der Waals surface area (Å²) >= 11 is 0. The summed E-state index contributed by atoms with van der Waals surface area (Å²) < 4.78 is 0. The zero-order chi connectivity index (χ0) is 75.9. The molecule has 548 valence electrons. The standard InChI is InChI=1S/4C20H24.8C2H6.4Y/c2*1-19(2,3)17-11-7-9-15(13-17)16-10-8-12-18(14-16)20(4,5)6;1-19(2,3)16-11-9-10-15(14-16)17-12-7-8-13-18(17)20(4,5)6;1-19(2,3)17-12-10-15(11-13-17)16-8-7-9-18(14-16)20(4,5)6;8*1-2;;;;/h7-8,11-14H,1-6H3;7-9,11-12,14H,1-6H3;7-9,11,13-14H,1-6H3;7,9-10,12-14H,1-6H3;8*1-2H3;;;;/q4*-2;;;;;;;;;;;;. The van der Waals surface area contributed by atoms with Gasteiger partial charge in [-0.25, -0.2) is 44.5 Å². The predicted octanol–water partition coefficient (Wildman–Crippen LogP) is 30.4. The van der Waals surface area contributed by atoms with Gasteiger partial charge in [0.05, 0.1) is 0 Å². The van der Waals surface area contributed by atoms with Crippen molar-refractivity contribution in [2.75, 3.05) is 0 Å². The second-order valence-electron chi connectivity index (χ2n) is 29.9. The zero-order valence-corrected chi connectivity index (χ0v) is 83.5. The van der Waals surface area contributed by atoms with Gasteiger partial charge in [-0.05, 0) is 37.9 Å². The second-order valence-corrected chi connectivity index (χ2v) is 29.9. The van der Waals surface area contributed by atoms with Crippen molar-refractivity contribution in [1.29, 1.82) is 0 Å². The second kappa shape index (κ2) is 56.5. The normalized spacial score (nSPS) is 10.5. The van der Waals surface area contributed by atoms with Gasteiger partial charge in [0.25, 0.3) is 0 Å². The van der Waals surface area contributed by atoms with Gasteiger partial charge in [0, 0.05) is 131 Å². The Kier molecular flexibility index (Phi) is 64.4. The molecule has 0 nitrogen and oxygen atoms in total. The van der Waals surface area contributed by atoms with Crippen molar-refractivity contribution in [3.05, 3.63) is 239 Å². The molecule has 0 spiro atoms. The first-order valence-corrected chi connectivity index (χ1v) is 36.9. The van der Waals surface area contributed by atoms with E-state index in [1.54, 1.807) is 0 Å². The molecule has 8 aromatic rings. The van der Waals surface area contributed by atoms with E-state index in [-0.39, 0.29) is 174 Å². The van der Waals surface area contributed by atoms with Crippen molar-refractivity contribution in [3.8, 4) is 44.5 Å². The van der Waals surface area contributed by atoms with Crippen LogP contribution in [0.1, 0.15) is 321 Å². The summed E-state index contributed by atoms with van der Waals surface area (Å²) in [7, 11) is 0. The molecule has 0 fully saturated rings. The maximum absolute atomic E-state index is 3.55. The Balaban J connectivity index is -0.000000174. The van der Waals surface area contributed by atoms with Crippen LogP contribution in [0.4, 0.5) is 0 Å². The van der Waals surface area contributed by atoms with Crippen molar-refractivity contribution in [2.45, 2.75) is 320 Å².